The predicted molar refractivity (Wildman–Crippen MR) is 206 cm³/mol. The number of amides is 4. The van der Waals surface area contributed by atoms with Gasteiger partial charge in [-0.15, -0.1) is 0 Å². The van der Waals surface area contributed by atoms with Gasteiger partial charge in [-0.25, -0.2) is 22.6 Å². The van der Waals surface area contributed by atoms with Crippen LogP contribution in [0, 0.1) is 17.8 Å². The van der Waals surface area contributed by atoms with E-state index in [1.807, 2.05) is 19.9 Å². The van der Waals surface area contributed by atoms with Crippen LogP contribution < -0.4 is 24.8 Å². The third-order valence-corrected chi connectivity index (χ3v) is 13.5. The summed E-state index contributed by atoms with van der Waals surface area (Å²) < 4.78 is 57.9. The molecule has 2 aliphatic carbocycles. The summed E-state index contributed by atoms with van der Waals surface area (Å²) in [4.78, 5) is 62.1. The minimum absolute atomic E-state index is 0.0468. The van der Waals surface area contributed by atoms with Gasteiger partial charge in [0.1, 0.15) is 51.7 Å². The number of hydrogen-bond acceptors (Lipinski definition) is 10. The number of halogens is 2. The molecule has 14 nitrogen and oxygen atoms in total. The number of methoxy groups -OCH3 is 1. The molecule has 3 fully saturated rings. The second-order valence-corrected chi connectivity index (χ2v) is 19.3. The quantitative estimate of drug-likeness (QED) is 0.243. The number of ether oxygens (including phenoxy) is 3. The maximum absolute atomic E-state index is 14.8. The molecule has 6 rings (SSSR count). The first kappa shape index (κ1) is 41.5. The average molecular weight is 820 g/mol. The zero-order valence-corrected chi connectivity index (χ0v) is 34.1. The Morgan fingerprint density at radius 3 is 2.54 bits per heavy atom. The van der Waals surface area contributed by atoms with Crippen LogP contribution in [0.1, 0.15) is 79.6 Å². The second-order valence-electron chi connectivity index (χ2n) is 16.8. The lowest BCUT2D eigenvalue weighted by Crippen LogP contribution is -2.59. The lowest BCUT2D eigenvalue weighted by molar-refractivity contribution is -0.142. The highest BCUT2D eigenvalue weighted by atomic mass is 35.5. The molecular formula is C39H51ClFN5O9S. The number of alkyl halides is 1. The molecule has 3 heterocycles. The fourth-order valence-electron chi connectivity index (χ4n) is 7.73. The Balaban J connectivity index is 1.36. The number of fused-ring (bicyclic) bond motifs is 3. The molecule has 0 bridgehead atoms. The van der Waals surface area contributed by atoms with E-state index in [1.54, 1.807) is 51.1 Å². The Labute approximate surface area is 331 Å². The van der Waals surface area contributed by atoms with Crippen LogP contribution in [0.3, 0.4) is 0 Å². The highest BCUT2D eigenvalue weighted by Gasteiger charge is 2.64. The van der Waals surface area contributed by atoms with Crippen LogP contribution in [0.15, 0.2) is 36.4 Å². The van der Waals surface area contributed by atoms with Gasteiger partial charge in [-0.1, -0.05) is 37.6 Å². The molecule has 3 N–H and O–H groups in total. The van der Waals surface area contributed by atoms with Gasteiger partial charge in [-0.05, 0) is 101 Å². The number of carbonyl (C=O) groups excluding carboxylic acids is 4. The average Bonchev–Trinajstić information content (AvgIpc) is 4.02. The van der Waals surface area contributed by atoms with E-state index in [9.17, 15) is 32.0 Å². The zero-order chi connectivity index (χ0) is 40.8. The Morgan fingerprint density at radius 2 is 1.88 bits per heavy atom. The van der Waals surface area contributed by atoms with Gasteiger partial charge < -0.3 is 29.7 Å². The van der Waals surface area contributed by atoms with Crippen molar-refractivity contribution in [2.24, 2.45) is 17.8 Å². The number of hydrogen-bond donors (Lipinski definition) is 3. The van der Waals surface area contributed by atoms with E-state index in [0.29, 0.717) is 35.8 Å². The largest absolute Gasteiger partial charge is 0.497 e. The van der Waals surface area contributed by atoms with Gasteiger partial charge in [0, 0.05) is 17.7 Å². The van der Waals surface area contributed by atoms with Crippen molar-refractivity contribution in [1.82, 2.24) is 25.2 Å². The smallest absolute Gasteiger partial charge is 0.408 e. The van der Waals surface area contributed by atoms with Crippen LogP contribution >= 0.6 is 11.6 Å². The SMILES string of the molecule is COc1ccc2c(O[C@@H]3C[C@H]4C(=O)N[C@]5(C(=O)NS(=O)(=O)C6(CF)CC6)C[C@H]5/C=C\CC[C@@H](C)C[C@@H](C)[C@H](NC(=O)OC(C)(C)C)C(=O)N4C3)nc(Cl)cc2c1. The maximum Gasteiger partial charge on any atom is 0.408 e. The second kappa shape index (κ2) is 15.6. The summed E-state index contributed by atoms with van der Waals surface area (Å²) in [5.74, 6) is -2.34. The van der Waals surface area contributed by atoms with E-state index in [0.717, 1.165) is 0 Å². The van der Waals surface area contributed by atoms with Crippen LogP contribution in [0.5, 0.6) is 11.6 Å². The van der Waals surface area contributed by atoms with Gasteiger partial charge in [0.05, 0.1) is 13.7 Å². The summed E-state index contributed by atoms with van der Waals surface area (Å²) in [6.45, 7) is 7.79. The molecule has 0 radical (unpaired) electrons. The first-order valence-corrected chi connectivity index (χ1v) is 20.9. The standard InChI is InChI=1S/C39H51ClFN5O9S/c1-22-9-7-8-10-25-19-39(25,35(49)45-56(51,52)38(21-41)13-14-38)44-32(47)29-18-27(54-33-28-12-11-26(53-6)16-24(28)17-30(40)42-33)20-46(29)34(48)31(23(2)15-22)43-36(50)55-37(3,4)5/h8,10-12,16-17,22-23,25,27,29,31H,7,9,13-15,18-21H2,1-6H3,(H,43,50)(H,44,47)(H,45,49)/b10-8-/t22-,23-,25-,27-,29+,31+,39-/m1/s1. The number of sulfonamides is 1. The molecule has 56 heavy (non-hydrogen) atoms. The maximum atomic E-state index is 14.8. The molecule has 2 aromatic rings. The Hall–Kier alpha value is -4.18. The number of pyridine rings is 1. The van der Waals surface area contributed by atoms with Gasteiger partial charge in [-0.3, -0.25) is 19.1 Å². The van der Waals surface area contributed by atoms with Crippen molar-refractivity contribution in [2.45, 2.75) is 114 Å². The summed E-state index contributed by atoms with van der Waals surface area (Å²) >= 11 is 6.40. The summed E-state index contributed by atoms with van der Waals surface area (Å²) in [6.07, 6.45) is 4.18. The molecule has 1 aromatic carbocycles. The summed E-state index contributed by atoms with van der Waals surface area (Å²) in [6, 6.07) is 4.59. The van der Waals surface area contributed by atoms with Crippen molar-refractivity contribution in [2.75, 3.05) is 20.3 Å². The van der Waals surface area contributed by atoms with E-state index < -0.39 is 86.4 Å². The van der Waals surface area contributed by atoms with E-state index in [1.165, 1.54) is 12.0 Å². The first-order valence-electron chi connectivity index (χ1n) is 19.0. The number of nitrogens with zero attached hydrogens (tertiary/aromatic N) is 2. The summed E-state index contributed by atoms with van der Waals surface area (Å²) in [7, 11) is -2.86. The third kappa shape index (κ3) is 8.70. The van der Waals surface area contributed by atoms with Crippen LogP contribution in [-0.4, -0.2) is 96.5 Å². The fraction of sp³-hybridized carbons (Fsp3) is 0.615. The number of aromatic nitrogens is 1. The van der Waals surface area contributed by atoms with Gasteiger partial charge in [-0.2, -0.15) is 0 Å². The van der Waals surface area contributed by atoms with E-state index >= 15 is 0 Å². The first-order chi connectivity index (χ1) is 26.3. The topological polar surface area (TPSA) is 182 Å². The molecule has 4 aliphatic rings. The summed E-state index contributed by atoms with van der Waals surface area (Å²) in [5, 5.41) is 7.02. The van der Waals surface area contributed by atoms with Crippen LogP contribution in [0.4, 0.5) is 9.18 Å². The monoisotopic (exact) mass is 819 g/mol. The van der Waals surface area contributed by atoms with E-state index in [4.69, 9.17) is 25.8 Å². The number of alkyl carbamates (subject to hydrolysis) is 1. The lowest BCUT2D eigenvalue weighted by Gasteiger charge is -2.33. The Bertz CT molecular complexity index is 2020. The number of benzene rings is 1. The van der Waals surface area contributed by atoms with Gasteiger partial charge in [0.25, 0.3) is 5.91 Å². The van der Waals surface area contributed by atoms with Crippen molar-refractivity contribution in [3.8, 4) is 11.6 Å². The number of allylic oxidation sites excluding steroid dienone is 1. The summed E-state index contributed by atoms with van der Waals surface area (Å²) in [5.41, 5.74) is -2.52. The molecule has 2 aliphatic heterocycles. The Kier molecular flexibility index (Phi) is 11.6. The molecule has 306 valence electrons. The molecule has 0 unspecified atom stereocenters. The van der Waals surface area contributed by atoms with Gasteiger partial charge >= 0.3 is 6.09 Å². The number of rotatable bonds is 8. The highest BCUT2D eigenvalue weighted by Crippen LogP contribution is 2.48. The molecule has 1 aromatic heterocycles. The van der Waals surface area contributed by atoms with Crippen molar-refractivity contribution in [1.29, 1.82) is 0 Å². The van der Waals surface area contributed by atoms with E-state index in [2.05, 4.69) is 20.3 Å². The van der Waals surface area contributed by atoms with E-state index in [-0.39, 0.29) is 49.2 Å². The van der Waals surface area contributed by atoms with Crippen LogP contribution in [0.25, 0.3) is 10.8 Å². The molecule has 17 heteroatoms. The third-order valence-electron chi connectivity index (χ3n) is 11.2. The molecule has 1 saturated heterocycles. The number of nitrogens with one attached hydrogen (secondary N) is 3. The highest BCUT2D eigenvalue weighted by molar-refractivity contribution is 7.91. The van der Waals surface area contributed by atoms with Crippen molar-refractivity contribution >= 4 is 56.2 Å². The van der Waals surface area contributed by atoms with Crippen molar-refractivity contribution in [3.05, 3.63) is 41.6 Å². The lowest BCUT2D eigenvalue weighted by atomic mass is 9.88. The minimum atomic E-state index is -4.40. The van der Waals surface area contributed by atoms with Crippen molar-refractivity contribution < 1.29 is 46.2 Å². The van der Waals surface area contributed by atoms with Crippen molar-refractivity contribution in [3.63, 3.8) is 0 Å². The molecule has 2 saturated carbocycles. The predicted octanol–water partition coefficient (Wildman–Crippen LogP) is 4.97. The molecule has 4 amide bonds. The zero-order valence-electron chi connectivity index (χ0n) is 32.5. The van der Waals surface area contributed by atoms with Crippen LogP contribution in [-0.2, 0) is 29.1 Å². The number of carbonyl (C=O) groups is 4. The normalized spacial score (nSPS) is 29.8. The van der Waals surface area contributed by atoms with Crippen LogP contribution in [0.2, 0.25) is 5.15 Å². The Morgan fingerprint density at radius 1 is 1.14 bits per heavy atom. The minimum Gasteiger partial charge on any atom is -0.497 e. The van der Waals surface area contributed by atoms with Gasteiger partial charge in [0.15, 0.2) is 0 Å². The molecule has 0 spiro atoms. The molecular weight excluding hydrogens is 769 g/mol. The molecule has 7 atom stereocenters. The van der Waals surface area contributed by atoms with Gasteiger partial charge in [0.2, 0.25) is 27.7 Å². The fourth-order valence-corrected chi connectivity index (χ4v) is 9.35.